The van der Waals surface area contributed by atoms with Crippen LogP contribution >= 0.6 is 11.8 Å². The summed E-state index contributed by atoms with van der Waals surface area (Å²) in [5.41, 5.74) is 5.27. The summed E-state index contributed by atoms with van der Waals surface area (Å²) in [6, 6.07) is 3.50. The van der Waals surface area contributed by atoms with Gasteiger partial charge in [-0.1, -0.05) is 0 Å². The third kappa shape index (κ3) is 4.08. The smallest absolute Gasteiger partial charge is 0.240 e. The number of hydrogen-bond acceptors (Lipinski definition) is 5. The van der Waals surface area contributed by atoms with Crippen molar-refractivity contribution < 1.29 is 12.8 Å². The summed E-state index contributed by atoms with van der Waals surface area (Å²) in [4.78, 5) is 2.11. The molecule has 20 heavy (non-hydrogen) atoms. The molecule has 0 spiro atoms. The lowest BCUT2D eigenvalue weighted by Crippen LogP contribution is -2.39. The topological polar surface area (TPSA) is 75.4 Å². The molecule has 1 aromatic carbocycles. The van der Waals surface area contributed by atoms with Crippen molar-refractivity contribution in [2.24, 2.45) is 0 Å². The van der Waals surface area contributed by atoms with Gasteiger partial charge < -0.3 is 10.6 Å². The average molecular weight is 319 g/mol. The molecule has 1 heterocycles. The highest BCUT2D eigenvalue weighted by atomic mass is 32.2. The van der Waals surface area contributed by atoms with Gasteiger partial charge in [-0.2, -0.15) is 11.8 Å². The zero-order valence-corrected chi connectivity index (χ0v) is 12.6. The van der Waals surface area contributed by atoms with Crippen LogP contribution in [0.1, 0.15) is 0 Å². The predicted octanol–water partition coefficient (Wildman–Crippen LogP) is 0.735. The number of rotatable bonds is 5. The third-order valence-electron chi connectivity index (χ3n) is 3.11. The van der Waals surface area contributed by atoms with E-state index in [9.17, 15) is 12.8 Å². The summed E-state index contributed by atoms with van der Waals surface area (Å²) in [5, 5.41) is 0. The van der Waals surface area contributed by atoms with E-state index < -0.39 is 15.8 Å². The number of nitrogens with one attached hydrogen (secondary N) is 1. The van der Waals surface area contributed by atoms with Crippen molar-refractivity contribution in [1.82, 2.24) is 9.62 Å². The van der Waals surface area contributed by atoms with E-state index >= 15 is 0 Å². The molecule has 5 nitrogen and oxygen atoms in total. The first kappa shape index (κ1) is 15.6. The van der Waals surface area contributed by atoms with E-state index in [0.717, 1.165) is 30.7 Å². The molecular formula is C12H18FN3O2S2. The molecule has 2 rings (SSSR count). The number of halogens is 1. The highest BCUT2D eigenvalue weighted by Crippen LogP contribution is 2.16. The van der Waals surface area contributed by atoms with Gasteiger partial charge in [-0.05, 0) is 18.2 Å². The zero-order valence-electron chi connectivity index (χ0n) is 11.0. The fourth-order valence-electron chi connectivity index (χ4n) is 1.92. The minimum Gasteiger partial charge on any atom is -0.396 e. The fourth-order valence-corrected chi connectivity index (χ4v) is 3.93. The summed E-state index contributed by atoms with van der Waals surface area (Å²) in [5.74, 6) is 1.44. The molecule has 0 amide bonds. The molecular weight excluding hydrogens is 301 g/mol. The van der Waals surface area contributed by atoms with Crippen LogP contribution in [0.5, 0.6) is 0 Å². The number of thioether (sulfide) groups is 1. The van der Waals surface area contributed by atoms with Crippen molar-refractivity contribution in [3.05, 3.63) is 24.0 Å². The van der Waals surface area contributed by atoms with Gasteiger partial charge in [0, 0.05) is 37.7 Å². The summed E-state index contributed by atoms with van der Waals surface area (Å²) >= 11 is 1.90. The van der Waals surface area contributed by atoms with E-state index in [-0.39, 0.29) is 10.6 Å². The Morgan fingerprint density at radius 3 is 2.70 bits per heavy atom. The van der Waals surface area contributed by atoms with Crippen molar-refractivity contribution >= 4 is 27.5 Å². The lowest BCUT2D eigenvalue weighted by molar-refractivity contribution is 0.307. The molecule has 1 aliphatic heterocycles. The fraction of sp³-hybridized carbons (Fsp3) is 0.500. The van der Waals surface area contributed by atoms with Gasteiger partial charge in [0.2, 0.25) is 10.0 Å². The van der Waals surface area contributed by atoms with Crippen molar-refractivity contribution in [1.29, 1.82) is 0 Å². The second kappa shape index (κ2) is 6.75. The van der Waals surface area contributed by atoms with Crippen LogP contribution in [0.15, 0.2) is 23.1 Å². The van der Waals surface area contributed by atoms with E-state index in [2.05, 4.69) is 9.62 Å². The van der Waals surface area contributed by atoms with Crippen molar-refractivity contribution in [2.45, 2.75) is 4.90 Å². The van der Waals surface area contributed by atoms with Gasteiger partial charge in [-0.25, -0.2) is 17.5 Å². The monoisotopic (exact) mass is 319 g/mol. The third-order valence-corrected chi connectivity index (χ3v) is 5.51. The molecule has 0 saturated carbocycles. The second-order valence-electron chi connectivity index (χ2n) is 4.54. The number of nitrogens with zero attached hydrogens (tertiary/aromatic N) is 1. The minimum absolute atomic E-state index is 0.0604. The Morgan fingerprint density at radius 2 is 2.05 bits per heavy atom. The molecule has 8 heteroatoms. The van der Waals surface area contributed by atoms with E-state index in [0.29, 0.717) is 13.1 Å². The Hall–Kier alpha value is -0.830. The Labute approximate surface area is 122 Å². The Balaban J connectivity index is 1.91. The molecule has 112 valence electrons. The van der Waals surface area contributed by atoms with Crippen LogP contribution < -0.4 is 10.5 Å². The first-order valence-electron chi connectivity index (χ1n) is 6.34. The van der Waals surface area contributed by atoms with Crippen LogP contribution in [0.4, 0.5) is 10.1 Å². The SMILES string of the molecule is Nc1ccc(S(=O)(=O)NCCN2CCSCC2)cc1F. The van der Waals surface area contributed by atoms with Gasteiger partial charge in [-0.15, -0.1) is 0 Å². The Bertz CT molecular complexity index is 560. The maximum Gasteiger partial charge on any atom is 0.240 e. The van der Waals surface area contributed by atoms with Crippen LogP contribution in [0.3, 0.4) is 0 Å². The van der Waals surface area contributed by atoms with Crippen LogP contribution in [-0.4, -0.2) is 51.0 Å². The highest BCUT2D eigenvalue weighted by molar-refractivity contribution is 7.99. The maximum atomic E-state index is 13.3. The van der Waals surface area contributed by atoms with Crippen LogP contribution in [0.2, 0.25) is 0 Å². The molecule has 0 radical (unpaired) electrons. The number of benzene rings is 1. The van der Waals surface area contributed by atoms with E-state index in [1.54, 1.807) is 0 Å². The van der Waals surface area contributed by atoms with Crippen LogP contribution in [-0.2, 0) is 10.0 Å². The second-order valence-corrected chi connectivity index (χ2v) is 7.53. The van der Waals surface area contributed by atoms with Gasteiger partial charge in [-0.3, -0.25) is 0 Å². The lowest BCUT2D eigenvalue weighted by Gasteiger charge is -2.25. The van der Waals surface area contributed by atoms with Gasteiger partial charge in [0.05, 0.1) is 10.6 Å². The van der Waals surface area contributed by atoms with Crippen molar-refractivity contribution in [2.75, 3.05) is 43.4 Å². The molecule has 0 bridgehead atoms. The molecule has 0 unspecified atom stereocenters. The first-order chi connectivity index (χ1) is 9.49. The zero-order chi connectivity index (χ0) is 14.6. The van der Waals surface area contributed by atoms with Crippen molar-refractivity contribution in [3.8, 4) is 0 Å². The molecule has 1 fully saturated rings. The number of sulfonamides is 1. The molecule has 0 aromatic heterocycles. The highest BCUT2D eigenvalue weighted by Gasteiger charge is 2.16. The summed E-state index contributed by atoms with van der Waals surface area (Å²) in [7, 11) is -3.68. The molecule has 1 aliphatic rings. The minimum atomic E-state index is -3.68. The average Bonchev–Trinajstić information content (AvgIpc) is 2.43. The first-order valence-corrected chi connectivity index (χ1v) is 8.97. The van der Waals surface area contributed by atoms with Gasteiger partial charge in [0.1, 0.15) is 5.82 Å². The maximum absolute atomic E-state index is 13.3. The normalized spacial score (nSPS) is 17.2. The lowest BCUT2D eigenvalue weighted by atomic mass is 10.3. The van der Waals surface area contributed by atoms with E-state index in [4.69, 9.17) is 5.73 Å². The van der Waals surface area contributed by atoms with Crippen molar-refractivity contribution in [3.63, 3.8) is 0 Å². The molecule has 0 atom stereocenters. The quantitative estimate of drug-likeness (QED) is 0.783. The molecule has 1 saturated heterocycles. The van der Waals surface area contributed by atoms with Gasteiger partial charge in [0.25, 0.3) is 0 Å². The van der Waals surface area contributed by atoms with Crippen LogP contribution in [0.25, 0.3) is 0 Å². The number of hydrogen-bond donors (Lipinski definition) is 2. The Morgan fingerprint density at radius 1 is 1.35 bits per heavy atom. The summed E-state index contributed by atoms with van der Waals surface area (Å²) in [6.45, 7) is 2.93. The number of nitrogen functional groups attached to an aromatic ring is 1. The van der Waals surface area contributed by atoms with E-state index in [1.165, 1.54) is 12.1 Å². The summed E-state index contributed by atoms with van der Waals surface area (Å²) < 4.78 is 39.8. The van der Waals surface area contributed by atoms with Crippen LogP contribution in [0, 0.1) is 5.82 Å². The molecule has 3 N–H and O–H groups in total. The molecule has 0 aliphatic carbocycles. The largest absolute Gasteiger partial charge is 0.396 e. The summed E-state index contributed by atoms with van der Waals surface area (Å²) in [6.07, 6.45) is 0. The Kier molecular flexibility index (Phi) is 5.25. The van der Waals surface area contributed by atoms with E-state index in [1.807, 2.05) is 11.8 Å². The number of anilines is 1. The standard InChI is InChI=1S/C12H18FN3O2S2/c13-11-9-10(1-2-12(11)14)20(17,18)15-3-4-16-5-7-19-8-6-16/h1-2,9,15H,3-8,14H2. The van der Waals surface area contributed by atoms with Gasteiger partial charge in [0.15, 0.2) is 0 Å². The molecule has 1 aromatic rings. The predicted molar refractivity (Wildman–Crippen MR) is 79.8 cm³/mol. The number of nitrogens with two attached hydrogens (primary N) is 1. The van der Waals surface area contributed by atoms with Gasteiger partial charge >= 0.3 is 0 Å².